The molecule has 0 spiro atoms. The zero-order chi connectivity index (χ0) is 14.4. The predicted molar refractivity (Wildman–Crippen MR) is 85.7 cm³/mol. The topological polar surface area (TPSA) is 21.3 Å². The molecule has 0 saturated heterocycles. The van der Waals surface area contributed by atoms with Crippen LogP contribution in [0.1, 0.15) is 43.0 Å². The number of aryl methyl sites for hydroxylation is 2. The molecule has 1 aromatic rings. The Balaban J connectivity index is 2.98. The molecule has 0 heterocycles. The number of hydrogen-bond acceptors (Lipinski definition) is 2. The van der Waals surface area contributed by atoms with Gasteiger partial charge in [-0.1, -0.05) is 41.9 Å². The highest BCUT2D eigenvalue weighted by Crippen LogP contribution is 2.30. The Labute approximate surface area is 126 Å². The van der Waals surface area contributed by atoms with Crippen LogP contribution >= 0.6 is 15.9 Å². The van der Waals surface area contributed by atoms with Crippen molar-refractivity contribution in [2.45, 2.75) is 40.2 Å². The summed E-state index contributed by atoms with van der Waals surface area (Å²) in [4.78, 5) is 0. The van der Waals surface area contributed by atoms with Crippen molar-refractivity contribution in [2.24, 2.45) is 5.92 Å². The number of ether oxygens (including phenoxy) is 1. The number of hydrogen-bond donors (Lipinski definition) is 1. The van der Waals surface area contributed by atoms with Gasteiger partial charge in [0, 0.05) is 24.2 Å². The quantitative estimate of drug-likeness (QED) is 0.801. The predicted octanol–water partition coefficient (Wildman–Crippen LogP) is 4.39. The molecule has 0 aliphatic heterocycles. The van der Waals surface area contributed by atoms with E-state index in [1.807, 2.05) is 0 Å². The second kappa shape index (κ2) is 8.03. The number of nitrogens with one attached hydrogen (secondary N) is 1. The maximum atomic E-state index is 5.21. The molecule has 3 heteroatoms. The summed E-state index contributed by atoms with van der Waals surface area (Å²) < 4.78 is 6.43. The number of halogens is 1. The fraction of sp³-hybridized carbons (Fsp3) is 0.625. The van der Waals surface area contributed by atoms with Crippen LogP contribution in [0.25, 0.3) is 0 Å². The Morgan fingerprint density at radius 1 is 1.26 bits per heavy atom. The lowest BCUT2D eigenvalue weighted by atomic mass is 9.90. The van der Waals surface area contributed by atoms with Crippen LogP contribution in [0.15, 0.2) is 16.6 Å². The van der Waals surface area contributed by atoms with Crippen molar-refractivity contribution in [2.75, 3.05) is 20.3 Å². The van der Waals surface area contributed by atoms with Crippen molar-refractivity contribution >= 4 is 15.9 Å². The van der Waals surface area contributed by atoms with Gasteiger partial charge in [-0.05, 0) is 49.4 Å². The molecule has 0 aliphatic carbocycles. The molecule has 1 aromatic carbocycles. The van der Waals surface area contributed by atoms with Crippen molar-refractivity contribution in [3.8, 4) is 0 Å². The molecule has 0 aromatic heterocycles. The van der Waals surface area contributed by atoms with Gasteiger partial charge in [0.1, 0.15) is 0 Å². The number of benzene rings is 1. The van der Waals surface area contributed by atoms with E-state index in [0.717, 1.165) is 19.6 Å². The van der Waals surface area contributed by atoms with E-state index in [-0.39, 0.29) is 0 Å². The summed E-state index contributed by atoms with van der Waals surface area (Å²) in [6.07, 6.45) is 1.07. The zero-order valence-electron chi connectivity index (χ0n) is 12.7. The van der Waals surface area contributed by atoms with Gasteiger partial charge in [0.2, 0.25) is 0 Å². The Hall–Kier alpha value is -0.380. The van der Waals surface area contributed by atoms with E-state index < -0.39 is 0 Å². The van der Waals surface area contributed by atoms with Gasteiger partial charge in [-0.3, -0.25) is 0 Å². The summed E-state index contributed by atoms with van der Waals surface area (Å²) >= 11 is 3.64. The fourth-order valence-electron chi connectivity index (χ4n) is 2.50. The van der Waals surface area contributed by atoms with Gasteiger partial charge < -0.3 is 10.1 Å². The monoisotopic (exact) mass is 327 g/mol. The fourth-order valence-corrected chi connectivity index (χ4v) is 2.73. The van der Waals surface area contributed by atoms with Crippen molar-refractivity contribution in [3.05, 3.63) is 33.3 Å². The Morgan fingerprint density at radius 2 is 1.84 bits per heavy atom. The number of methoxy groups -OCH3 is 1. The molecule has 108 valence electrons. The molecule has 1 N–H and O–H groups in total. The third-order valence-electron chi connectivity index (χ3n) is 3.59. The molecule has 2 nitrogen and oxygen atoms in total. The summed E-state index contributed by atoms with van der Waals surface area (Å²) in [5.41, 5.74) is 3.98. The first-order valence-corrected chi connectivity index (χ1v) is 7.79. The van der Waals surface area contributed by atoms with Crippen LogP contribution in [0.4, 0.5) is 0 Å². The van der Waals surface area contributed by atoms with Crippen molar-refractivity contribution < 1.29 is 4.74 Å². The van der Waals surface area contributed by atoms with E-state index in [2.05, 4.69) is 61.1 Å². The summed E-state index contributed by atoms with van der Waals surface area (Å²) in [5.74, 6) is 0.555. The minimum absolute atomic E-state index is 0.394. The third kappa shape index (κ3) is 4.59. The first-order valence-electron chi connectivity index (χ1n) is 7.00. The molecule has 19 heavy (non-hydrogen) atoms. The molecular weight excluding hydrogens is 302 g/mol. The average Bonchev–Trinajstić information content (AvgIpc) is 2.38. The Morgan fingerprint density at radius 3 is 2.32 bits per heavy atom. The summed E-state index contributed by atoms with van der Waals surface area (Å²) in [7, 11) is 1.77. The van der Waals surface area contributed by atoms with Crippen LogP contribution < -0.4 is 5.32 Å². The smallest absolute Gasteiger partial charge is 0.0465 e. The summed E-state index contributed by atoms with van der Waals surface area (Å²) in [5, 5.41) is 3.61. The van der Waals surface area contributed by atoms with Crippen LogP contribution in [-0.2, 0) is 4.74 Å². The van der Waals surface area contributed by atoms with E-state index in [0.29, 0.717) is 12.0 Å². The molecule has 0 aliphatic rings. The SMILES string of the molecule is CCNC(c1cc(C)c(Br)c(C)c1)C(C)CCOC. The second-order valence-corrected chi connectivity index (χ2v) is 6.06. The minimum atomic E-state index is 0.394. The normalized spacial score (nSPS) is 14.4. The van der Waals surface area contributed by atoms with Gasteiger partial charge in [0.25, 0.3) is 0 Å². The maximum absolute atomic E-state index is 5.21. The van der Waals surface area contributed by atoms with Crippen molar-refractivity contribution in [1.82, 2.24) is 5.32 Å². The van der Waals surface area contributed by atoms with Crippen LogP contribution in [0.5, 0.6) is 0 Å². The van der Waals surface area contributed by atoms with Crippen LogP contribution in [0, 0.1) is 19.8 Å². The second-order valence-electron chi connectivity index (χ2n) is 5.26. The standard InChI is InChI=1S/C16H26BrNO/c1-6-18-16(11(2)7-8-19-5)14-9-12(3)15(17)13(4)10-14/h9-11,16,18H,6-8H2,1-5H3. The summed E-state index contributed by atoms with van der Waals surface area (Å²) in [6, 6.07) is 4.96. The minimum Gasteiger partial charge on any atom is -0.385 e. The molecular formula is C16H26BrNO. The van der Waals surface area contributed by atoms with E-state index in [4.69, 9.17) is 4.74 Å². The van der Waals surface area contributed by atoms with Gasteiger partial charge in [0.15, 0.2) is 0 Å². The molecule has 0 bridgehead atoms. The van der Waals surface area contributed by atoms with Crippen LogP contribution in [0.3, 0.4) is 0 Å². The third-order valence-corrected chi connectivity index (χ3v) is 4.84. The average molecular weight is 328 g/mol. The first kappa shape index (κ1) is 16.7. The lowest BCUT2D eigenvalue weighted by molar-refractivity contribution is 0.170. The molecule has 0 saturated carbocycles. The maximum Gasteiger partial charge on any atom is 0.0465 e. The van der Waals surface area contributed by atoms with Crippen molar-refractivity contribution in [3.63, 3.8) is 0 Å². The highest BCUT2D eigenvalue weighted by molar-refractivity contribution is 9.10. The Bertz CT molecular complexity index is 383. The first-order chi connectivity index (χ1) is 9.01. The molecule has 1 rings (SSSR count). The summed E-state index contributed by atoms with van der Waals surface area (Å²) in [6.45, 7) is 10.6. The lowest BCUT2D eigenvalue weighted by Crippen LogP contribution is -2.27. The van der Waals surface area contributed by atoms with E-state index in [1.54, 1.807) is 7.11 Å². The van der Waals surface area contributed by atoms with Gasteiger partial charge >= 0.3 is 0 Å². The van der Waals surface area contributed by atoms with E-state index in [9.17, 15) is 0 Å². The largest absolute Gasteiger partial charge is 0.385 e. The molecule has 0 radical (unpaired) electrons. The highest BCUT2D eigenvalue weighted by atomic mass is 79.9. The highest BCUT2D eigenvalue weighted by Gasteiger charge is 2.19. The van der Waals surface area contributed by atoms with Gasteiger partial charge in [-0.25, -0.2) is 0 Å². The van der Waals surface area contributed by atoms with Gasteiger partial charge in [-0.15, -0.1) is 0 Å². The Kier molecular flexibility index (Phi) is 7.05. The molecule has 0 amide bonds. The molecule has 0 fully saturated rings. The van der Waals surface area contributed by atoms with E-state index in [1.165, 1.54) is 21.2 Å². The number of rotatable bonds is 7. The van der Waals surface area contributed by atoms with Crippen LogP contribution in [-0.4, -0.2) is 20.3 Å². The molecule has 2 atom stereocenters. The van der Waals surface area contributed by atoms with Gasteiger partial charge in [0.05, 0.1) is 0 Å². The zero-order valence-corrected chi connectivity index (χ0v) is 14.3. The van der Waals surface area contributed by atoms with E-state index >= 15 is 0 Å². The molecule has 2 unspecified atom stereocenters. The lowest BCUT2D eigenvalue weighted by Gasteiger charge is -2.26. The van der Waals surface area contributed by atoms with Crippen molar-refractivity contribution in [1.29, 1.82) is 0 Å². The van der Waals surface area contributed by atoms with Crippen LogP contribution in [0.2, 0.25) is 0 Å². The van der Waals surface area contributed by atoms with Gasteiger partial charge in [-0.2, -0.15) is 0 Å².